The number of aromatic nitrogens is 2. The summed E-state index contributed by atoms with van der Waals surface area (Å²) in [5, 5.41) is 7.84. The monoisotopic (exact) mass is 414 g/mol. The van der Waals surface area contributed by atoms with Gasteiger partial charge in [-0.3, -0.25) is 0 Å². The third-order valence-electron chi connectivity index (χ3n) is 4.32. The molecule has 0 saturated heterocycles. The Morgan fingerprint density at radius 3 is 2.60 bits per heavy atom. The predicted octanol–water partition coefficient (Wildman–Crippen LogP) is 4.98. The summed E-state index contributed by atoms with van der Waals surface area (Å²) in [6.07, 6.45) is 1.17. The van der Waals surface area contributed by atoms with Crippen LogP contribution in [0.3, 0.4) is 0 Å². The summed E-state index contributed by atoms with van der Waals surface area (Å²) in [7, 11) is 1.51. The summed E-state index contributed by atoms with van der Waals surface area (Å²) >= 11 is 0. The number of methoxy groups -OCH3 is 1. The van der Waals surface area contributed by atoms with Gasteiger partial charge in [-0.05, 0) is 55.8 Å². The van der Waals surface area contributed by atoms with E-state index in [1.807, 2.05) is 0 Å². The minimum absolute atomic E-state index is 0.133. The molecule has 0 saturated carbocycles. The number of unbranched alkanes of at least 4 members (excludes halogenated alkanes) is 1. The van der Waals surface area contributed by atoms with Crippen LogP contribution in [-0.4, -0.2) is 29.9 Å². The van der Waals surface area contributed by atoms with Crippen LogP contribution in [0.1, 0.15) is 49.0 Å². The molecule has 0 aliphatic rings. The maximum absolute atomic E-state index is 13.1. The number of ether oxygens (including phenoxy) is 3. The van der Waals surface area contributed by atoms with Crippen molar-refractivity contribution in [2.45, 2.75) is 32.8 Å². The third kappa shape index (κ3) is 5.14. The van der Waals surface area contributed by atoms with Gasteiger partial charge in [-0.15, -0.1) is 10.2 Å². The Morgan fingerprint density at radius 1 is 1.13 bits per heavy atom. The summed E-state index contributed by atoms with van der Waals surface area (Å²) in [5.74, 6) is 0.429. The molecule has 0 fully saturated rings. The van der Waals surface area contributed by atoms with Crippen LogP contribution in [0.5, 0.6) is 11.5 Å². The van der Waals surface area contributed by atoms with Crippen LogP contribution in [0.2, 0.25) is 0 Å². The van der Waals surface area contributed by atoms with Crippen LogP contribution < -0.4 is 9.47 Å². The average molecular weight is 414 g/mol. The highest BCUT2D eigenvalue weighted by Gasteiger charge is 2.21. The molecule has 0 bridgehead atoms. The maximum Gasteiger partial charge on any atom is 0.339 e. The molecule has 158 valence electrons. The summed E-state index contributed by atoms with van der Waals surface area (Å²) in [6, 6.07) is 10.5. The molecule has 0 aliphatic heterocycles. The summed E-state index contributed by atoms with van der Waals surface area (Å²) in [4.78, 5) is 12.5. The van der Waals surface area contributed by atoms with E-state index < -0.39 is 12.1 Å². The minimum atomic E-state index is -0.773. The highest BCUT2D eigenvalue weighted by molar-refractivity contribution is 5.90. The van der Waals surface area contributed by atoms with E-state index in [9.17, 15) is 9.18 Å². The normalized spacial score (nSPS) is 11.7. The van der Waals surface area contributed by atoms with Crippen LogP contribution in [0.4, 0.5) is 4.39 Å². The number of rotatable bonds is 9. The van der Waals surface area contributed by atoms with Crippen molar-refractivity contribution >= 4 is 5.97 Å². The Labute approximate surface area is 173 Å². The van der Waals surface area contributed by atoms with E-state index >= 15 is 0 Å². The number of carbonyl (C=O) groups is 1. The van der Waals surface area contributed by atoms with E-state index in [1.54, 1.807) is 25.1 Å². The second-order valence-corrected chi connectivity index (χ2v) is 6.57. The van der Waals surface area contributed by atoms with E-state index in [0.29, 0.717) is 29.2 Å². The zero-order valence-electron chi connectivity index (χ0n) is 17.1. The highest BCUT2D eigenvalue weighted by Crippen LogP contribution is 2.29. The Kier molecular flexibility index (Phi) is 7.00. The largest absolute Gasteiger partial charge is 0.493 e. The quantitative estimate of drug-likeness (QED) is 0.361. The molecule has 1 aromatic heterocycles. The van der Waals surface area contributed by atoms with Gasteiger partial charge in [0.2, 0.25) is 5.89 Å². The first-order valence-corrected chi connectivity index (χ1v) is 9.63. The number of carbonyl (C=O) groups excluding carboxylic acids is 1. The number of nitrogens with zero attached hydrogens (tertiary/aromatic N) is 2. The summed E-state index contributed by atoms with van der Waals surface area (Å²) < 4.78 is 35.0. The maximum atomic E-state index is 13.1. The second kappa shape index (κ2) is 9.87. The van der Waals surface area contributed by atoms with Gasteiger partial charge in [0, 0.05) is 5.56 Å². The Hall–Kier alpha value is -3.42. The smallest absolute Gasteiger partial charge is 0.339 e. The van der Waals surface area contributed by atoms with Crippen LogP contribution in [-0.2, 0) is 4.74 Å². The lowest BCUT2D eigenvalue weighted by Gasteiger charge is -2.13. The van der Waals surface area contributed by atoms with Gasteiger partial charge in [0.05, 0.1) is 19.3 Å². The van der Waals surface area contributed by atoms with Crippen LogP contribution >= 0.6 is 0 Å². The van der Waals surface area contributed by atoms with Crippen molar-refractivity contribution in [3.05, 3.63) is 59.7 Å². The van der Waals surface area contributed by atoms with Gasteiger partial charge >= 0.3 is 5.97 Å². The molecule has 8 heteroatoms. The van der Waals surface area contributed by atoms with Gasteiger partial charge in [-0.2, -0.15) is 0 Å². The van der Waals surface area contributed by atoms with Gasteiger partial charge in [-0.25, -0.2) is 9.18 Å². The van der Waals surface area contributed by atoms with Crippen molar-refractivity contribution in [1.29, 1.82) is 0 Å². The fourth-order valence-electron chi connectivity index (χ4n) is 2.63. The lowest BCUT2D eigenvalue weighted by molar-refractivity contribution is 0.0279. The SMILES string of the molecule is CCCCOc1ccc(C(=O)O[C@@H](C)c2nnc(-c3ccc(F)cc3)o2)cc1OC. The molecular formula is C22H23FN2O5. The fraction of sp³-hybridized carbons (Fsp3) is 0.318. The summed E-state index contributed by atoms with van der Waals surface area (Å²) in [6.45, 7) is 4.27. The topological polar surface area (TPSA) is 83.7 Å². The van der Waals surface area contributed by atoms with E-state index in [-0.39, 0.29) is 17.6 Å². The number of hydrogen-bond acceptors (Lipinski definition) is 7. The van der Waals surface area contributed by atoms with Crippen molar-refractivity contribution < 1.29 is 27.8 Å². The Morgan fingerprint density at radius 2 is 1.90 bits per heavy atom. The fourth-order valence-corrected chi connectivity index (χ4v) is 2.63. The first-order valence-electron chi connectivity index (χ1n) is 9.63. The molecule has 1 heterocycles. The molecule has 0 amide bonds. The third-order valence-corrected chi connectivity index (χ3v) is 4.32. The number of esters is 1. The molecule has 3 rings (SSSR count). The number of hydrogen-bond donors (Lipinski definition) is 0. The van der Waals surface area contributed by atoms with Crippen LogP contribution in [0.15, 0.2) is 46.9 Å². The first-order chi connectivity index (χ1) is 14.5. The minimum Gasteiger partial charge on any atom is -0.493 e. The van der Waals surface area contributed by atoms with E-state index in [0.717, 1.165) is 12.8 Å². The van der Waals surface area contributed by atoms with E-state index in [2.05, 4.69) is 17.1 Å². The Balaban J connectivity index is 1.67. The molecule has 30 heavy (non-hydrogen) atoms. The van der Waals surface area contributed by atoms with Gasteiger partial charge in [-0.1, -0.05) is 13.3 Å². The van der Waals surface area contributed by atoms with Gasteiger partial charge in [0.1, 0.15) is 5.82 Å². The zero-order chi connectivity index (χ0) is 21.5. The van der Waals surface area contributed by atoms with Crippen molar-refractivity contribution in [1.82, 2.24) is 10.2 Å². The molecule has 0 aliphatic carbocycles. The molecule has 0 radical (unpaired) electrons. The zero-order valence-corrected chi connectivity index (χ0v) is 17.1. The van der Waals surface area contributed by atoms with Gasteiger partial charge in [0.25, 0.3) is 5.89 Å². The van der Waals surface area contributed by atoms with Crippen molar-refractivity contribution in [2.24, 2.45) is 0 Å². The van der Waals surface area contributed by atoms with Crippen molar-refractivity contribution in [3.63, 3.8) is 0 Å². The molecule has 3 aromatic rings. The lowest BCUT2D eigenvalue weighted by atomic mass is 10.2. The van der Waals surface area contributed by atoms with Gasteiger partial charge in [0.15, 0.2) is 17.6 Å². The number of halogens is 1. The Bertz CT molecular complexity index is 987. The van der Waals surface area contributed by atoms with Crippen LogP contribution in [0.25, 0.3) is 11.5 Å². The standard InChI is InChI=1S/C22H23FN2O5/c1-4-5-12-28-18-11-8-16(13-19(18)27-3)22(26)29-14(2)20-24-25-21(30-20)15-6-9-17(23)10-7-15/h6-11,13-14H,4-5,12H2,1-3H3/t14-/m0/s1. The predicted molar refractivity (Wildman–Crippen MR) is 107 cm³/mol. The molecule has 0 unspecified atom stereocenters. The molecule has 7 nitrogen and oxygen atoms in total. The molecular weight excluding hydrogens is 391 g/mol. The van der Waals surface area contributed by atoms with E-state index in [4.69, 9.17) is 18.6 Å². The molecule has 2 aromatic carbocycles. The summed E-state index contributed by atoms with van der Waals surface area (Å²) in [5.41, 5.74) is 0.872. The van der Waals surface area contributed by atoms with Crippen molar-refractivity contribution in [2.75, 3.05) is 13.7 Å². The lowest BCUT2D eigenvalue weighted by Crippen LogP contribution is -2.10. The second-order valence-electron chi connectivity index (χ2n) is 6.57. The first kappa shape index (κ1) is 21.3. The molecule has 0 N–H and O–H groups in total. The van der Waals surface area contributed by atoms with E-state index in [1.165, 1.54) is 31.4 Å². The van der Waals surface area contributed by atoms with Crippen molar-refractivity contribution in [3.8, 4) is 23.0 Å². The highest BCUT2D eigenvalue weighted by atomic mass is 19.1. The van der Waals surface area contributed by atoms with Gasteiger partial charge < -0.3 is 18.6 Å². The average Bonchev–Trinajstić information content (AvgIpc) is 3.25. The number of benzene rings is 2. The molecule has 0 spiro atoms. The van der Waals surface area contributed by atoms with Crippen LogP contribution in [0, 0.1) is 5.82 Å². The molecule has 1 atom stereocenters.